The fraction of sp³-hybridized carbons (Fsp3) is 0.379. The van der Waals surface area contributed by atoms with Gasteiger partial charge in [0.05, 0.1) is 28.1 Å². The highest BCUT2D eigenvalue weighted by atomic mass is 16.6. The van der Waals surface area contributed by atoms with E-state index in [4.69, 9.17) is 18.9 Å². The summed E-state index contributed by atoms with van der Waals surface area (Å²) in [5.74, 6) is -0.885. The molecule has 2 aromatic rings. The number of nitrogens with zero attached hydrogens (tertiary/aromatic N) is 2. The lowest BCUT2D eigenvalue weighted by Crippen LogP contribution is -2.44. The predicted octanol–water partition coefficient (Wildman–Crippen LogP) is 4.05. The van der Waals surface area contributed by atoms with Crippen LogP contribution in [-0.4, -0.2) is 60.9 Å². The first-order valence-corrected chi connectivity index (χ1v) is 13.0. The van der Waals surface area contributed by atoms with Crippen molar-refractivity contribution in [2.24, 2.45) is 0 Å². The summed E-state index contributed by atoms with van der Waals surface area (Å²) in [7, 11) is 1.83. The van der Waals surface area contributed by atoms with Crippen LogP contribution in [0.3, 0.4) is 0 Å². The van der Waals surface area contributed by atoms with Gasteiger partial charge in [-0.15, -0.1) is 0 Å². The van der Waals surface area contributed by atoms with Crippen molar-refractivity contribution in [1.82, 2.24) is 10.2 Å². The number of hydrogen-bond donors (Lipinski definition) is 1. The van der Waals surface area contributed by atoms with Crippen LogP contribution in [0.15, 0.2) is 71.1 Å². The molecule has 2 aromatic carbocycles. The number of esters is 2. The zero-order chi connectivity index (χ0) is 29.0. The molecule has 0 aliphatic carbocycles. The molecule has 11 heteroatoms. The molecule has 4 rings (SSSR count). The molecule has 40 heavy (non-hydrogen) atoms. The van der Waals surface area contributed by atoms with Crippen molar-refractivity contribution in [1.29, 1.82) is 0 Å². The van der Waals surface area contributed by atoms with Crippen LogP contribution in [0.25, 0.3) is 0 Å². The van der Waals surface area contributed by atoms with E-state index >= 15 is 0 Å². The summed E-state index contributed by atoms with van der Waals surface area (Å²) in [6.45, 7) is 7.54. The molecule has 0 bridgehead atoms. The van der Waals surface area contributed by atoms with Crippen LogP contribution in [0, 0.1) is 10.1 Å². The van der Waals surface area contributed by atoms with Gasteiger partial charge < -0.3 is 24.3 Å². The van der Waals surface area contributed by atoms with Gasteiger partial charge in [-0.05, 0) is 52.4 Å². The van der Waals surface area contributed by atoms with Gasteiger partial charge in [0.15, 0.2) is 17.7 Å². The Balaban J connectivity index is 1.54. The van der Waals surface area contributed by atoms with Crippen molar-refractivity contribution in [2.75, 3.05) is 26.8 Å². The minimum Gasteiger partial charge on any atom is -0.484 e. The molecule has 0 spiro atoms. The van der Waals surface area contributed by atoms with Gasteiger partial charge in [-0.25, -0.2) is 9.59 Å². The summed E-state index contributed by atoms with van der Waals surface area (Å²) >= 11 is 0. The Labute approximate surface area is 232 Å². The van der Waals surface area contributed by atoms with Crippen molar-refractivity contribution in [3.05, 3.63) is 86.7 Å². The lowest BCUT2D eigenvalue weighted by atomic mass is 9.80. The van der Waals surface area contributed by atoms with Crippen LogP contribution < -0.4 is 14.8 Å². The second-order valence-corrected chi connectivity index (χ2v) is 9.89. The Bertz CT molecular complexity index is 1370. The summed E-state index contributed by atoms with van der Waals surface area (Å²) in [6, 6.07) is 13.3. The van der Waals surface area contributed by atoms with Gasteiger partial charge in [0.25, 0.3) is 5.69 Å². The number of allylic oxidation sites excluding steroid dienone is 2. The monoisotopic (exact) mass is 551 g/mol. The van der Waals surface area contributed by atoms with E-state index < -0.39 is 28.9 Å². The van der Waals surface area contributed by atoms with E-state index in [1.54, 1.807) is 33.8 Å². The Hall–Kier alpha value is -4.38. The van der Waals surface area contributed by atoms with Gasteiger partial charge in [-0.1, -0.05) is 24.3 Å². The van der Waals surface area contributed by atoms with E-state index in [2.05, 4.69) is 5.32 Å². The maximum absolute atomic E-state index is 13.5. The van der Waals surface area contributed by atoms with Gasteiger partial charge in [-0.3, -0.25) is 15.0 Å². The van der Waals surface area contributed by atoms with Crippen molar-refractivity contribution < 1.29 is 33.5 Å². The van der Waals surface area contributed by atoms with Gasteiger partial charge in [0, 0.05) is 30.1 Å². The lowest BCUT2D eigenvalue weighted by Gasteiger charge is -2.33. The van der Waals surface area contributed by atoms with Crippen molar-refractivity contribution in [2.45, 2.75) is 45.9 Å². The van der Waals surface area contributed by atoms with E-state index in [1.165, 1.54) is 18.2 Å². The number of rotatable bonds is 9. The molecule has 0 aromatic heterocycles. The minimum absolute atomic E-state index is 0.0315. The highest BCUT2D eigenvalue weighted by Crippen LogP contribution is 2.40. The Morgan fingerprint density at radius 1 is 1.07 bits per heavy atom. The molecular formula is C29H33N3O8. The fourth-order valence-electron chi connectivity index (χ4n) is 4.69. The average Bonchev–Trinajstić information content (AvgIpc) is 2.91. The quantitative estimate of drug-likeness (QED) is 0.277. The molecule has 2 heterocycles. The number of para-hydroxylation sites is 2. The normalized spacial score (nSPS) is 18.5. The number of nitro groups is 1. The van der Waals surface area contributed by atoms with E-state index in [9.17, 15) is 19.7 Å². The average molecular weight is 552 g/mol. The number of fused-ring (bicyclic) bond motifs is 1. The molecule has 0 saturated heterocycles. The minimum atomic E-state index is -0.927. The Morgan fingerprint density at radius 2 is 1.75 bits per heavy atom. The molecule has 2 atom stereocenters. The van der Waals surface area contributed by atoms with E-state index in [-0.39, 0.29) is 29.7 Å². The molecule has 0 radical (unpaired) electrons. The van der Waals surface area contributed by atoms with Crippen LogP contribution in [0.2, 0.25) is 0 Å². The molecular weight excluding hydrogens is 518 g/mol. The van der Waals surface area contributed by atoms with E-state index in [0.717, 1.165) is 0 Å². The Kier molecular flexibility index (Phi) is 8.73. The molecule has 0 amide bonds. The van der Waals surface area contributed by atoms with Crippen LogP contribution in [-0.2, 0) is 19.1 Å². The number of ether oxygens (including phenoxy) is 4. The van der Waals surface area contributed by atoms with Crippen LogP contribution in [0.4, 0.5) is 5.69 Å². The summed E-state index contributed by atoms with van der Waals surface area (Å²) in [4.78, 5) is 39.6. The zero-order valence-corrected chi connectivity index (χ0v) is 23.1. The summed E-state index contributed by atoms with van der Waals surface area (Å²) in [5.41, 5.74) is 1.58. The summed E-state index contributed by atoms with van der Waals surface area (Å²) in [5, 5.41) is 14.6. The first kappa shape index (κ1) is 28.6. The number of carbonyl (C=O) groups excluding carboxylic acids is 2. The zero-order valence-electron chi connectivity index (χ0n) is 23.1. The maximum Gasteiger partial charge on any atom is 0.337 e. The number of hydrogen-bond acceptors (Lipinski definition) is 10. The lowest BCUT2D eigenvalue weighted by molar-refractivity contribution is -0.384. The fourth-order valence-corrected chi connectivity index (χ4v) is 4.69. The topological polar surface area (TPSA) is 129 Å². The number of carbonyl (C=O) groups is 2. The molecule has 2 aliphatic rings. The van der Waals surface area contributed by atoms with Crippen LogP contribution >= 0.6 is 0 Å². The maximum atomic E-state index is 13.5. The molecule has 2 aliphatic heterocycles. The molecule has 212 valence electrons. The highest BCUT2D eigenvalue weighted by Gasteiger charge is 2.39. The number of non-ortho nitro benzene ring substituents is 1. The predicted molar refractivity (Wildman–Crippen MR) is 146 cm³/mol. The van der Waals surface area contributed by atoms with E-state index in [0.29, 0.717) is 41.6 Å². The van der Waals surface area contributed by atoms with Gasteiger partial charge >= 0.3 is 11.9 Å². The first-order chi connectivity index (χ1) is 19.1. The molecule has 11 nitrogen and oxygen atoms in total. The second-order valence-electron chi connectivity index (χ2n) is 9.89. The standard InChI is InChI=1S/C29H33N3O8/c1-17(2)39-29(34)26-19(4)30-18(3)25(27(26)20-9-8-10-21(15-20)32(35)36)28(33)37-14-13-31(5)24-16-38-22-11-6-7-12-23(22)40-24/h6-12,15,17,24,27,30H,13-14,16H2,1-5H3. The van der Waals surface area contributed by atoms with Crippen molar-refractivity contribution >= 4 is 17.6 Å². The van der Waals surface area contributed by atoms with Gasteiger partial charge in [-0.2, -0.15) is 0 Å². The third kappa shape index (κ3) is 6.26. The van der Waals surface area contributed by atoms with Crippen molar-refractivity contribution in [3.8, 4) is 11.5 Å². The van der Waals surface area contributed by atoms with Crippen molar-refractivity contribution in [3.63, 3.8) is 0 Å². The second kappa shape index (κ2) is 12.2. The molecule has 1 N–H and O–H groups in total. The molecule has 2 unspecified atom stereocenters. The van der Waals surface area contributed by atoms with E-state index in [1.807, 2.05) is 36.2 Å². The highest BCUT2D eigenvalue weighted by molar-refractivity contribution is 6.00. The smallest absolute Gasteiger partial charge is 0.337 e. The number of benzene rings is 2. The van der Waals surface area contributed by atoms with Crippen LogP contribution in [0.5, 0.6) is 11.5 Å². The number of likely N-dealkylation sites (N-methyl/N-ethyl adjacent to an activating group) is 1. The third-order valence-electron chi connectivity index (χ3n) is 6.62. The first-order valence-electron chi connectivity index (χ1n) is 13.0. The SMILES string of the molecule is CC1=C(C(=O)OCCN(C)C2COc3ccccc3O2)C(c2cccc([N+](=O)[O-])c2)C(C(=O)OC(C)C)=C(C)N1. The molecule has 0 fully saturated rings. The third-order valence-corrected chi connectivity index (χ3v) is 6.62. The summed E-state index contributed by atoms with van der Waals surface area (Å²) < 4.78 is 22.9. The largest absolute Gasteiger partial charge is 0.484 e. The molecule has 0 saturated carbocycles. The number of dihydropyridines is 1. The number of nitro benzene ring substituents is 1. The number of nitrogens with one attached hydrogen (secondary N) is 1. The van der Waals surface area contributed by atoms with Crippen LogP contribution in [0.1, 0.15) is 39.2 Å². The van der Waals surface area contributed by atoms with Gasteiger partial charge in [0.2, 0.25) is 0 Å². The van der Waals surface area contributed by atoms with Gasteiger partial charge in [0.1, 0.15) is 13.2 Å². The Morgan fingerprint density at radius 3 is 2.42 bits per heavy atom. The summed E-state index contributed by atoms with van der Waals surface area (Å²) in [6.07, 6.45) is -0.777.